The van der Waals surface area contributed by atoms with Gasteiger partial charge in [-0.3, -0.25) is 9.89 Å². The number of benzene rings is 1. The smallest absolute Gasteiger partial charge is 0.117 e. The number of nitrogens with one attached hydrogen (secondary N) is 1. The van der Waals surface area contributed by atoms with Gasteiger partial charge < -0.3 is 11.1 Å². The molecule has 39 heavy (non-hydrogen) atoms. The van der Waals surface area contributed by atoms with Crippen LogP contribution in [0.5, 0.6) is 0 Å². The van der Waals surface area contributed by atoms with Crippen molar-refractivity contribution in [2.45, 2.75) is 122 Å². The van der Waals surface area contributed by atoms with Crippen LogP contribution >= 0.6 is 0 Å². The Kier molecular flexibility index (Phi) is 13.6. The van der Waals surface area contributed by atoms with Crippen molar-refractivity contribution in [1.29, 1.82) is 0 Å². The molecule has 0 aromatic heterocycles. The number of nitrogens with zero attached hydrogens (tertiary/aromatic N) is 2. The Hall–Kier alpha value is -2.08. The number of hydrogen-bond acceptors (Lipinski definition) is 4. The lowest BCUT2D eigenvalue weighted by Crippen LogP contribution is -2.49. The molecule has 1 aromatic rings. The number of unbranched alkanes of at least 4 members (excludes halogenated alkanes) is 6. The highest BCUT2D eigenvalue weighted by Gasteiger charge is 2.31. The lowest BCUT2D eigenvalue weighted by atomic mass is 9.89. The number of fused-ring (bicyclic) bond motifs is 1. The summed E-state index contributed by atoms with van der Waals surface area (Å²) in [6.07, 6.45) is 17.6. The number of hydrogen-bond donors (Lipinski definition) is 2. The van der Waals surface area contributed by atoms with E-state index in [1.165, 1.54) is 48.8 Å². The van der Waals surface area contributed by atoms with E-state index in [0.29, 0.717) is 19.0 Å². The first-order valence-electron chi connectivity index (χ1n) is 15.5. The molecule has 0 amide bonds. The van der Waals surface area contributed by atoms with Crippen LogP contribution in [0.4, 0.5) is 4.39 Å². The predicted molar refractivity (Wildman–Crippen MR) is 166 cm³/mol. The van der Waals surface area contributed by atoms with Gasteiger partial charge in [0.2, 0.25) is 0 Å². The van der Waals surface area contributed by atoms with Gasteiger partial charge in [0.25, 0.3) is 0 Å². The number of rotatable bonds is 16. The van der Waals surface area contributed by atoms with Crippen molar-refractivity contribution in [1.82, 2.24) is 10.2 Å². The number of nitrogens with two attached hydrogens (primary N) is 1. The molecule has 0 radical (unpaired) electrons. The molecule has 0 spiro atoms. The van der Waals surface area contributed by atoms with Gasteiger partial charge in [-0.25, -0.2) is 4.39 Å². The van der Waals surface area contributed by atoms with Gasteiger partial charge in [0.15, 0.2) is 0 Å². The van der Waals surface area contributed by atoms with E-state index in [1.807, 2.05) is 13.8 Å². The lowest BCUT2D eigenvalue weighted by molar-refractivity contribution is 0.190. The zero-order valence-electron chi connectivity index (χ0n) is 24.9. The summed E-state index contributed by atoms with van der Waals surface area (Å²) < 4.78 is 15.6. The highest BCUT2D eigenvalue weighted by Crippen LogP contribution is 2.32. The predicted octanol–water partition coefficient (Wildman–Crippen LogP) is 7.80. The minimum atomic E-state index is -0.514. The summed E-state index contributed by atoms with van der Waals surface area (Å²) >= 11 is 0. The third-order valence-corrected chi connectivity index (χ3v) is 8.46. The van der Waals surface area contributed by atoms with E-state index in [-0.39, 0.29) is 11.9 Å². The molecule has 3 rings (SSSR count). The van der Waals surface area contributed by atoms with Crippen molar-refractivity contribution in [2.24, 2.45) is 10.7 Å². The van der Waals surface area contributed by atoms with Crippen molar-refractivity contribution < 1.29 is 4.39 Å². The van der Waals surface area contributed by atoms with Crippen LogP contribution in [0.1, 0.15) is 103 Å². The molecule has 1 heterocycles. The van der Waals surface area contributed by atoms with Crippen LogP contribution in [-0.4, -0.2) is 42.8 Å². The molecular weight excluding hydrogens is 483 g/mol. The maximum atomic E-state index is 15.6. The van der Waals surface area contributed by atoms with E-state index in [2.05, 4.69) is 65.3 Å². The van der Waals surface area contributed by atoms with Gasteiger partial charge in [0.1, 0.15) is 5.83 Å². The average molecular weight is 537 g/mol. The van der Waals surface area contributed by atoms with Crippen LogP contribution in [0.2, 0.25) is 0 Å². The van der Waals surface area contributed by atoms with Crippen LogP contribution in [0.15, 0.2) is 64.1 Å². The van der Waals surface area contributed by atoms with Gasteiger partial charge in [-0.15, -0.1) is 0 Å². The van der Waals surface area contributed by atoms with Crippen molar-refractivity contribution in [3.63, 3.8) is 0 Å². The molecule has 0 fully saturated rings. The van der Waals surface area contributed by atoms with Crippen molar-refractivity contribution in [3.8, 4) is 0 Å². The number of halogens is 1. The molecule has 0 saturated carbocycles. The Morgan fingerprint density at radius 1 is 1.18 bits per heavy atom. The van der Waals surface area contributed by atoms with Crippen molar-refractivity contribution in [3.05, 3.63) is 70.2 Å². The summed E-state index contributed by atoms with van der Waals surface area (Å²) in [5.41, 5.74) is 12.2. The van der Waals surface area contributed by atoms with E-state index in [9.17, 15) is 0 Å². The molecule has 1 aromatic carbocycles. The molecule has 4 nitrogen and oxygen atoms in total. The molecule has 3 atom stereocenters. The molecule has 5 heteroatoms. The Morgan fingerprint density at radius 2 is 1.90 bits per heavy atom. The van der Waals surface area contributed by atoms with Gasteiger partial charge in [0, 0.05) is 25.7 Å². The standard InChI is InChI=1S/C34H53FN4/c1-5-7-8-9-10-11-12-20-31(36)33(35)26(3)24-39(32-21-15-19-27(16-6-2)34(32)37-4)25-30-22-28-17-13-14-18-29(28)23-38-30/h6,13-14,16-18,30-32,38H,4-5,7-12,15,19-25,36H2,1-3H3/b16-6-,33-26-/t30-,31?,32+/m1/s1. The molecule has 3 N–H and O–H groups in total. The fraction of sp³-hybridized carbons (Fsp3) is 0.618. The topological polar surface area (TPSA) is 53.6 Å². The zero-order valence-corrected chi connectivity index (χ0v) is 24.9. The van der Waals surface area contributed by atoms with Crippen LogP contribution in [0.3, 0.4) is 0 Å². The van der Waals surface area contributed by atoms with Gasteiger partial charge >= 0.3 is 0 Å². The Balaban J connectivity index is 1.72. The largest absolute Gasteiger partial charge is 0.322 e. The summed E-state index contributed by atoms with van der Waals surface area (Å²) in [4.78, 5) is 6.96. The maximum absolute atomic E-state index is 15.6. The molecular formula is C34H53FN4. The van der Waals surface area contributed by atoms with Crippen LogP contribution < -0.4 is 11.1 Å². The Bertz CT molecular complexity index is 995. The van der Waals surface area contributed by atoms with Gasteiger partial charge in [-0.1, -0.05) is 88.3 Å². The molecule has 1 aliphatic heterocycles. The number of aliphatic imine (C=N–C) groups is 1. The van der Waals surface area contributed by atoms with Gasteiger partial charge in [0.05, 0.1) is 17.8 Å². The first-order chi connectivity index (χ1) is 19.0. The SMILES string of the molecule is C=NC1=C(/C=C\C)CCC[C@@H]1N(C/C(C)=C(\F)C(N)CCCCCCCCC)C[C@H]1Cc2ccccc2CN1. The molecule has 2 aliphatic rings. The molecule has 216 valence electrons. The second-order valence-electron chi connectivity index (χ2n) is 11.6. The highest BCUT2D eigenvalue weighted by molar-refractivity contribution is 5.38. The van der Waals surface area contributed by atoms with E-state index < -0.39 is 6.04 Å². The van der Waals surface area contributed by atoms with E-state index in [4.69, 9.17) is 5.73 Å². The van der Waals surface area contributed by atoms with E-state index >= 15 is 4.39 Å². The monoisotopic (exact) mass is 536 g/mol. The summed E-state index contributed by atoms with van der Waals surface area (Å²) in [5, 5.41) is 3.74. The summed E-state index contributed by atoms with van der Waals surface area (Å²) in [6, 6.07) is 8.59. The first-order valence-corrected chi connectivity index (χ1v) is 15.5. The second kappa shape index (κ2) is 16.9. The van der Waals surface area contributed by atoms with E-state index in [0.717, 1.165) is 62.9 Å². The lowest BCUT2D eigenvalue weighted by Gasteiger charge is -2.39. The fourth-order valence-corrected chi connectivity index (χ4v) is 6.28. The summed E-state index contributed by atoms with van der Waals surface area (Å²) in [7, 11) is 0. The fourth-order valence-electron chi connectivity index (χ4n) is 6.28. The van der Waals surface area contributed by atoms with Gasteiger partial charge in [-0.2, -0.15) is 0 Å². The van der Waals surface area contributed by atoms with Gasteiger partial charge in [-0.05, 0) is 74.9 Å². The Labute approximate surface area is 237 Å². The van der Waals surface area contributed by atoms with E-state index in [1.54, 1.807) is 0 Å². The highest BCUT2D eigenvalue weighted by atomic mass is 19.1. The zero-order chi connectivity index (χ0) is 28.0. The minimum Gasteiger partial charge on any atom is -0.322 e. The summed E-state index contributed by atoms with van der Waals surface area (Å²) in [5.74, 6) is -0.130. The molecule has 0 saturated heterocycles. The maximum Gasteiger partial charge on any atom is 0.117 e. The van der Waals surface area contributed by atoms with Crippen molar-refractivity contribution >= 4 is 6.72 Å². The van der Waals surface area contributed by atoms with Crippen molar-refractivity contribution in [2.75, 3.05) is 13.1 Å². The van der Waals surface area contributed by atoms with Crippen LogP contribution in [0, 0.1) is 0 Å². The minimum absolute atomic E-state index is 0.128. The first kappa shape index (κ1) is 31.4. The second-order valence-corrected chi connectivity index (χ2v) is 11.6. The third kappa shape index (κ3) is 9.51. The normalized spacial score (nSPS) is 21.3. The van der Waals surface area contributed by atoms with Crippen LogP contribution in [0.25, 0.3) is 0 Å². The molecule has 1 unspecified atom stereocenters. The third-order valence-electron chi connectivity index (χ3n) is 8.46. The molecule has 1 aliphatic carbocycles. The average Bonchev–Trinajstić information content (AvgIpc) is 2.95. The van der Waals surface area contributed by atoms with Crippen LogP contribution in [-0.2, 0) is 13.0 Å². The number of allylic oxidation sites excluding steroid dienone is 3. The summed E-state index contributed by atoms with van der Waals surface area (Å²) in [6.45, 7) is 12.4. The quantitative estimate of drug-likeness (QED) is 0.167. The Morgan fingerprint density at radius 3 is 2.62 bits per heavy atom. The molecule has 0 bridgehead atoms.